The number of aryl methyl sites for hydroxylation is 1. The number of amides is 1. The van der Waals surface area contributed by atoms with E-state index >= 15 is 0 Å². The van der Waals surface area contributed by atoms with Crippen LogP contribution in [0.5, 0.6) is 0 Å². The normalized spacial score (nSPS) is 11.4. The van der Waals surface area contributed by atoms with Gasteiger partial charge in [-0.1, -0.05) is 60.7 Å². The average molecular weight is 605 g/mol. The van der Waals surface area contributed by atoms with Crippen LogP contribution in [0.3, 0.4) is 0 Å². The summed E-state index contributed by atoms with van der Waals surface area (Å²) in [6.45, 7) is 0.833. The lowest BCUT2D eigenvalue weighted by molar-refractivity contribution is -0.239. The van der Waals surface area contributed by atoms with Crippen LogP contribution in [-0.4, -0.2) is 49.2 Å². The molecule has 2 N–H and O–H groups in total. The van der Waals surface area contributed by atoms with Crippen molar-refractivity contribution in [3.05, 3.63) is 112 Å². The minimum atomic E-state index is -5.36. The highest BCUT2D eigenvalue weighted by molar-refractivity contribution is 5.82. The molecular formula is C31H27F3N6O4. The van der Waals surface area contributed by atoms with E-state index in [9.17, 15) is 27.6 Å². The van der Waals surface area contributed by atoms with E-state index < -0.39 is 36.7 Å². The van der Waals surface area contributed by atoms with Crippen LogP contribution in [0.4, 0.5) is 19.0 Å². The quantitative estimate of drug-likeness (QED) is 0.232. The summed E-state index contributed by atoms with van der Waals surface area (Å²) in [5.74, 6) is -3.70. The smallest absolute Gasteiger partial charge is 0.365 e. The SMILES string of the molecule is Cc1cc2[nH]c(CN(OC(=O)C(F)(F)F)C(=O)Cn3c(-c4ccccc4)cnc(NCCc4ccccc4)c3=O)cc2cn1. The summed E-state index contributed by atoms with van der Waals surface area (Å²) in [5.41, 5.74) is 2.74. The van der Waals surface area contributed by atoms with Gasteiger partial charge in [0.2, 0.25) is 0 Å². The second-order valence-corrected chi connectivity index (χ2v) is 9.93. The molecule has 2 aromatic carbocycles. The van der Waals surface area contributed by atoms with Gasteiger partial charge in [0.05, 0.1) is 18.4 Å². The predicted molar refractivity (Wildman–Crippen MR) is 156 cm³/mol. The zero-order valence-electron chi connectivity index (χ0n) is 23.5. The highest BCUT2D eigenvalue weighted by Crippen LogP contribution is 2.22. The van der Waals surface area contributed by atoms with Crippen molar-refractivity contribution in [2.24, 2.45) is 0 Å². The molecular weight excluding hydrogens is 577 g/mol. The van der Waals surface area contributed by atoms with Crippen molar-refractivity contribution >= 4 is 28.6 Å². The van der Waals surface area contributed by atoms with Gasteiger partial charge in [0.25, 0.3) is 11.5 Å². The lowest BCUT2D eigenvalue weighted by Crippen LogP contribution is -2.41. The molecule has 0 aliphatic carbocycles. The molecule has 0 fully saturated rings. The van der Waals surface area contributed by atoms with Gasteiger partial charge in [0.1, 0.15) is 6.54 Å². The van der Waals surface area contributed by atoms with Gasteiger partial charge < -0.3 is 15.1 Å². The number of anilines is 1. The zero-order chi connectivity index (χ0) is 31.3. The van der Waals surface area contributed by atoms with E-state index in [1.165, 1.54) is 6.20 Å². The van der Waals surface area contributed by atoms with Crippen LogP contribution in [0.25, 0.3) is 22.2 Å². The van der Waals surface area contributed by atoms with Crippen molar-refractivity contribution in [2.45, 2.75) is 32.6 Å². The average Bonchev–Trinajstić information content (AvgIpc) is 3.40. The summed E-state index contributed by atoms with van der Waals surface area (Å²) < 4.78 is 40.7. The molecule has 3 heterocycles. The van der Waals surface area contributed by atoms with Crippen molar-refractivity contribution < 1.29 is 27.6 Å². The number of pyridine rings is 1. The number of halogens is 3. The maximum atomic E-state index is 13.6. The second kappa shape index (κ2) is 12.8. The van der Waals surface area contributed by atoms with Gasteiger partial charge in [0.15, 0.2) is 5.82 Å². The molecule has 10 nitrogen and oxygen atoms in total. The zero-order valence-corrected chi connectivity index (χ0v) is 23.5. The van der Waals surface area contributed by atoms with Crippen LogP contribution < -0.4 is 10.9 Å². The summed E-state index contributed by atoms with van der Waals surface area (Å²) in [7, 11) is 0. The molecule has 0 bridgehead atoms. The minimum absolute atomic E-state index is 0.0502. The molecule has 0 atom stereocenters. The van der Waals surface area contributed by atoms with Crippen LogP contribution in [0, 0.1) is 6.92 Å². The van der Waals surface area contributed by atoms with Crippen LogP contribution in [0.1, 0.15) is 17.0 Å². The molecule has 1 amide bonds. The Morgan fingerprint density at radius 2 is 1.70 bits per heavy atom. The van der Waals surface area contributed by atoms with Gasteiger partial charge in [0, 0.05) is 35.0 Å². The number of hydrogen-bond acceptors (Lipinski definition) is 7. The number of fused-ring (bicyclic) bond motifs is 1. The molecule has 0 aliphatic heterocycles. The maximum Gasteiger partial charge on any atom is 0.493 e. The molecule has 44 heavy (non-hydrogen) atoms. The monoisotopic (exact) mass is 604 g/mol. The van der Waals surface area contributed by atoms with E-state index in [0.717, 1.165) is 10.1 Å². The number of hydroxylamine groups is 2. The molecule has 0 spiro atoms. The van der Waals surface area contributed by atoms with Crippen LogP contribution >= 0.6 is 0 Å². The molecule has 13 heteroatoms. The van der Waals surface area contributed by atoms with Crippen LogP contribution in [0.2, 0.25) is 0 Å². The van der Waals surface area contributed by atoms with E-state index in [1.54, 1.807) is 55.6 Å². The number of H-pyrrole nitrogens is 1. The first-order valence-electron chi connectivity index (χ1n) is 13.6. The third kappa shape index (κ3) is 7.12. The molecule has 0 unspecified atom stereocenters. The first-order valence-corrected chi connectivity index (χ1v) is 13.6. The molecule has 0 aliphatic rings. The minimum Gasteiger partial charge on any atom is -0.365 e. The van der Waals surface area contributed by atoms with Crippen LogP contribution in [-0.2, 0) is 33.9 Å². The van der Waals surface area contributed by atoms with Gasteiger partial charge >= 0.3 is 12.1 Å². The Labute approximate surface area is 249 Å². The van der Waals surface area contributed by atoms with Crippen molar-refractivity contribution in [1.82, 2.24) is 24.6 Å². The molecule has 0 radical (unpaired) electrons. The number of benzene rings is 2. The summed E-state index contributed by atoms with van der Waals surface area (Å²) in [5, 5.41) is 3.92. The number of carbonyl (C=O) groups excluding carboxylic acids is 2. The first kappa shape index (κ1) is 30.0. The molecule has 226 valence electrons. The van der Waals surface area contributed by atoms with Gasteiger partial charge in [-0.3, -0.25) is 19.1 Å². The number of nitrogens with one attached hydrogen (secondary N) is 2. The molecule has 0 saturated heterocycles. The summed E-state index contributed by atoms with van der Waals surface area (Å²) in [6.07, 6.45) is -1.82. The van der Waals surface area contributed by atoms with Crippen molar-refractivity contribution in [3.63, 3.8) is 0 Å². The molecule has 5 aromatic rings. The Kier molecular flexibility index (Phi) is 8.74. The van der Waals surface area contributed by atoms with E-state index in [0.29, 0.717) is 40.2 Å². The van der Waals surface area contributed by atoms with Crippen molar-refractivity contribution in [1.29, 1.82) is 0 Å². The fraction of sp³-hybridized carbons (Fsp3) is 0.194. The molecule has 5 rings (SSSR count). The number of nitrogens with zero attached hydrogens (tertiary/aromatic N) is 4. The third-order valence-corrected chi connectivity index (χ3v) is 6.68. The first-order chi connectivity index (χ1) is 21.1. The van der Waals surface area contributed by atoms with Crippen molar-refractivity contribution in [2.75, 3.05) is 11.9 Å². The maximum absolute atomic E-state index is 13.6. The largest absolute Gasteiger partial charge is 0.493 e. The Morgan fingerprint density at radius 3 is 2.41 bits per heavy atom. The number of hydrogen-bond donors (Lipinski definition) is 2. The summed E-state index contributed by atoms with van der Waals surface area (Å²) >= 11 is 0. The highest BCUT2D eigenvalue weighted by atomic mass is 19.4. The standard InChI is InChI=1S/C31H27F3N6O4/c1-20-14-25-23(16-36-20)15-24(38-25)18-40(44-30(43)31(32,33)34)27(41)19-39-26(22-10-6-3-7-11-22)17-37-28(29(39)42)35-13-12-21-8-4-2-5-9-21/h2-11,14-17,38H,12-13,18-19H2,1H3,(H,35,37). The second-order valence-electron chi connectivity index (χ2n) is 9.93. The van der Waals surface area contributed by atoms with E-state index in [2.05, 4.69) is 25.1 Å². The number of rotatable bonds is 9. The molecule has 0 saturated carbocycles. The van der Waals surface area contributed by atoms with Gasteiger partial charge in [-0.15, -0.1) is 0 Å². The van der Waals surface area contributed by atoms with Gasteiger partial charge in [-0.05, 0) is 36.6 Å². The Hall–Kier alpha value is -5.46. The number of alkyl halides is 3. The van der Waals surface area contributed by atoms with Crippen molar-refractivity contribution in [3.8, 4) is 11.3 Å². The van der Waals surface area contributed by atoms with Gasteiger partial charge in [-0.25, -0.2) is 9.78 Å². The topological polar surface area (TPSA) is 122 Å². The lowest BCUT2D eigenvalue weighted by Gasteiger charge is -2.23. The Balaban J connectivity index is 1.46. The lowest BCUT2D eigenvalue weighted by atomic mass is 10.1. The van der Waals surface area contributed by atoms with E-state index in [-0.39, 0.29) is 17.2 Å². The predicted octanol–water partition coefficient (Wildman–Crippen LogP) is 4.80. The molecule has 3 aromatic heterocycles. The Morgan fingerprint density at radius 1 is 1.00 bits per heavy atom. The van der Waals surface area contributed by atoms with E-state index in [1.807, 2.05) is 30.3 Å². The summed E-state index contributed by atoms with van der Waals surface area (Å²) in [6, 6.07) is 21.5. The number of aromatic nitrogens is 4. The highest BCUT2D eigenvalue weighted by Gasteiger charge is 2.43. The third-order valence-electron chi connectivity index (χ3n) is 6.68. The summed E-state index contributed by atoms with van der Waals surface area (Å²) in [4.78, 5) is 55.0. The number of aromatic amines is 1. The fourth-order valence-corrected chi connectivity index (χ4v) is 4.54. The fourth-order valence-electron chi connectivity index (χ4n) is 4.54. The van der Waals surface area contributed by atoms with E-state index in [4.69, 9.17) is 0 Å². The van der Waals surface area contributed by atoms with Crippen LogP contribution in [0.15, 0.2) is 90.0 Å². The number of carbonyl (C=O) groups is 2. The van der Waals surface area contributed by atoms with Gasteiger partial charge in [-0.2, -0.15) is 18.2 Å². The Bertz CT molecular complexity index is 1840.